The molecule has 2 N–H and O–H groups in total. The van der Waals surface area contributed by atoms with E-state index in [9.17, 15) is 9.90 Å². The lowest BCUT2D eigenvalue weighted by molar-refractivity contribution is -0.120. The largest absolute Gasteiger partial charge is 0.386 e. The fourth-order valence-corrected chi connectivity index (χ4v) is 1.75. The minimum absolute atomic E-state index is 0.107. The average Bonchev–Trinajstić information content (AvgIpc) is 2.35. The van der Waals surface area contributed by atoms with Crippen molar-refractivity contribution in [3.8, 4) is 0 Å². The number of hydrogen-bond donors (Lipinski definition) is 2. The van der Waals surface area contributed by atoms with E-state index in [0.29, 0.717) is 11.4 Å². The van der Waals surface area contributed by atoms with Crippen molar-refractivity contribution in [3.63, 3.8) is 0 Å². The topological polar surface area (TPSA) is 49.3 Å². The van der Waals surface area contributed by atoms with Gasteiger partial charge in [-0.1, -0.05) is 30.7 Å². The van der Waals surface area contributed by atoms with Crippen molar-refractivity contribution in [2.24, 2.45) is 0 Å². The number of carbonyl (C=O) groups is 1. The van der Waals surface area contributed by atoms with Crippen molar-refractivity contribution in [2.45, 2.75) is 25.5 Å². The van der Waals surface area contributed by atoms with Crippen LogP contribution in [0.2, 0.25) is 5.02 Å². The molecule has 0 fully saturated rings. The zero-order valence-electron chi connectivity index (χ0n) is 9.49. The number of nitrogens with one attached hydrogen (secondary N) is 1. The van der Waals surface area contributed by atoms with Crippen molar-refractivity contribution >= 4 is 29.1 Å². The molecule has 0 saturated carbocycles. The standard InChI is InChI=1S/C12H15Cl2NO2/c1-2-10(15-11(16)7-13)12(17)8-3-5-9(14)6-4-8/h3-6,10,12,17H,2,7H2,1H3,(H,15,16). The Labute approximate surface area is 111 Å². The summed E-state index contributed by atoms with van der Waals surface area (Å²) in [6.07, 6.45) is -0.142. The SMILES string of the molecule is CCC(NC(=O)CCl)C(O)c1ccc(Cl)cc1. The van der Waals surface area contributed by atoms with Crippen molar-refractivity contribution in [3.05, 3.63) is 34.9 Å². The molecule has 1 aromatic rings. The molecule has 0 aliphatic rings. The second-order valence-electron chi connectivity index (χ2n) is 3.71. The summed E-state index contributed by atoms with van der Waals surface area (Å²) in [5.74, 6) is -0.393. The molecule has 1 amide bonds. The zero-order valence-corrected chi connectivity index (χ0v) is 11.0. The van der Waals surface area contributed by atoms with Crippen LogP contribution < -0.4 is 5.32 Å². The van der Waals surface area contributed by atoms with Crippen LogP contribution in [0.3, 0.4) is 0 Å². The minimum Gasteiger partial charge on any atom is -0.386 e. The van der Waals surface area contributed by atoms with E-state index in [0.717, 1.165) is 5.56 Å². The smallest absolute Gasteiger partial charge is 0.235 e. The molecule has 0 aliphatic carbocycles. The molecule has 5 heteroatoms. The molecule has 0 aromatic heterocycles. The summed E-state index contributed by atoms with van der Waals surface area (Å²) in [4.78, 5) is 11.2. The summed E-state index contributed by atoms with van der Waals surface area (Å²) in [5, 5.41) is 13.4. The third-order valence-corrected chi connectivity index (χ3v) is 2.99. The van der Waals surface area contributed by atoms with Gasteiger partial charge in [0.2, 0.25) is 5.91 Å². The Morgan fingerprint density at radius 1 is 1.41 bits per heavy atom. The Balaban J connectivity index is 2.74. The fraction of sp³-hybridized carbons (Fsp3) is 0.417. The van der Waals surface area contributed by atoms with Gasteiger partial charge in [-0.3, -0.25) is 4.79 Å². The van der Waals surface area contributed by atoms with E-state index in [1.807, 2.05) is 6.92 Å². The van der Waals surface area contributed by atoms with E-state index in [2.05, 4.69) is 5.32 Å². The highest BCUT2D eigenvalue weighted by Crippen LogP contribution is 2.20. The van der Waals surface area contributed by atoms with Gasteiger partial charge >= 0.3 is 0 Å². The second kappa shape index (κ2) is 6.84. The Bertz CT molecular complexity index is 367. The van der Waals surface area contributed by atoms with Gasteiger partial charge in [-0.15, -0.1) is 11.6 Å². The monoisotopic (exact) mass is 275 g/mol. The molecular formula is C12H15Cl2NO2. The van der Waals surface area contributed by atoms with Crippen LogP contribution in [0.5, 0.6) is 0 Å². The minimum atomic E-state index is -0.760. The highest BCUT2D eigenvalue weighted by molar-refractivity contribution is 6.30. The molecule has 0 aliphatic heterocycles. The number of amides is 1. The Morgan fingerprint density at radius 2 is 2.00 bits per heavy atom. The van der Waals surface area contributed by atoms with Crippen LogP contribution >= 0.6 is 23.2 Å². The van der Waals surface area contributed by atoms with Gasteiger partial charge in [0.1, 0.15) is 5.88 Å². The lowest BCUT2D eigenvalue weighted by Crippen LogP contribution is -2.39. The van der Waals surface area contributed by atoms with Gasteiger partial charge in [-0.05, 0) is 24.1 Å². The van der Waals surface area contributed by atoms with Gasteiger partial charge in [0.05, 0.1) is 12.1 Å². The van der Waals surface area contributed by atoms with Crippen molar-refractivity contribution in [1.82, 2.24) is 5.32 Å². The maximum Gasteiger partial charge on any atom is 0.235 e. The first-order valence-electron chi connectivity index (χ1n) is 5.37. The summed E-state index contributed by atoms with van der Waals surface area (Å²) in [6.45, 7) is 1.89. The molecule has 1 rings (SSSR count). The average molecular weight is 276 g/mol. The quantitative estimate of drug-likeness (QED) is 0.812. The van der Waals surface area contributed by atoms with Crippen LogP contribution in [0.1, 0.15) is 25.0 Å². The van der Waals surface area contributed by atoms with Gasteiger partial charge in [-0.2, -0.15) is 0 Å². The molecule has 0 heterocycles. The molecule has 17 heavy (non-hydrogen) atoms. The molecule has 0 bridgehead atoms. The summed E-state index contributed by atoms with van der Waals surface area (Å²) in [6, 6.07) is 6.54. The number of aliphatic hydroxyl groups excluding tert-OH is 1. The lowest BCUT2D eigenvalue weighted by atomic mass is 10.0. The predicted octanol–water partition coefficient (Wildman–Crippen LogP) is 2.51. The van der Waals surface area contributed by atoms with Crippen LogP contribution in [-0.2, 0) is 4.79 Å². The Hall–Kier alpha value is -0.770. The molecule has 2 atom stereocenters. The first kappa shape index (κ1) is 14.3. The third-order valence-electron chi connectivity index (χ3n) is 2.50. The van der Waals surface area contributed by atoms with Crippen LogP contribution in [0.4, 0.5) is 0 Å². The Kier molecular flexibility index (Phi) is 5.75. The molecule has 0 radical (unpaired) electrons. The fourth-order valence-electron chi connectivity index (χ4n) is 1.54. The molecule has 0 saturated heterocycles. The van der Waals surface area contributed by atoms with Crippen LogP contribution in [0, 0.1) is 0 Å². The summed E-state index contributed by atoms with van der Waals surface area (Å²) < 4.78 is 0. The van der Waals surface area contributed by atoms with Crippen molar-refractivity contribution in [1.29, 1.82) is 0 Å². The van der Waals surface area contributed by atoms with Crippen LogP contribution in [0.15, 0.2) is 24.3 Å². The molecular weight excluding hydrogens is 261 g/mol. The number of hydrogen-bond acceptors (Lipinski definition) is 2. The maximum atomic E-state index is 11.2. The Morgan fingerprint density at radius 3 is 2.47 bits per heavy atom. The van der Waals surface area contributed by atoms with Crippen LogP contribution in [0.25, 0.3) is 0 Å². The van der Waals surface area contributed by atoms with E-state index in [1.165, 1.54) is 0 Å². The van der Waals surface area contributed by atoms with Gasteiger partial charge in [0.15, 0.2) is 0 Å². The number of benzene rings is 1. The number of carbonyl (C=O) groups excluding carboxylic acids is 1. The molecule has 2 unspecified atom stereocenters. The number of rotatable bonds is 5. The lowest BCUT2D eigenvalue weighted by Gasteiger charge is -2.23. The maximum absolute atomic E-state index is 11.2. The van der Waals surface area contributed by atoms with Gasteiger partial charge < -0.3 is 10.4 Å². The zero-order chi connectivity index (χ0) is 12.8. The number of halogens is 2. The van der Waals surface area contributed by atoms with Crippen molar-refractivity contribution in [2.75, 3.05) is 5.88 Å². The van der Waals surface area contributed by atoms with Gasteiger partial charge in [0.25, 0.3) is 0 Å². The highest BCUT2D eigenvalue weighted by Gasteiger charge is 2.20. The number of alkyl halides is 1. The van der Waals surface area contributed by atoms with Crippen LogP contribution in [-0.4, -0.2) is 22.9 Å². The molecule has 1 aromatic carbocycles. The summed E-state index contributed by atoms with van der Waals surface area (Å²) in [5.41, 5.74) is 0.719. The molecule has 94 valence electrons. The highest BCUT2D eigenvalue weighted by atomic mass is 35.5. The van der Waals surface area contributed by atoms with E-state index < -0.39 is 6.10 Å². The van der Waals surface area contributed by atoms with Crippen molar-refractivity contribution < 1.29 is 9.90 Å². The van der Waals surface area contributed by atoms with Gasteiger partial charge in [-0.25, -0.2) is 0 Å². The first-order chi connectivity index (χ1) is 8.08. The van der Waals surface area contributed by atoms with Gasteiger partial charge in [0, 0.05) is 5.02 Å². The van der Waals surface area contributed by atoms with E-state index in [4.69, 9.17) is 23.2 Å². The predicted molar refractivity (Wildman–Crippen MR) is 69.4 cm³/mol. The summed E-state index contributed by atoms with van der Waals surface area (Å²) >= 11 is 11.2. The van der Waals surface area contributed by atoms with E-state index in [-0.39, 0.29) is 17.8 Å². The number of aliphatic hydroxyl groups is 1. The second-order valence-corrected chi connectivity index (χ2v) is 4.42. The first-order valence-corrected chi connectivity index (χ1v) is 6.28. The molecule has 3 nitrogen and oxygen atoms in total. The normalized spacial score (nSPS) is 14.1. The van der Waals surface area contributed by atoms with E-state index in [1.54, 1.807) is 24.3 Å². The third kappa shape index (κ3) is 4.19. The molecule has 0 spiro atoms. The van der Waals surface area contributed by atoms with E-state index >= 15 is 0 Å². The summed E-state index contributed by atoms with van der Waals surface area (Å²) in [7, 11) is 0.